The zero-order valence-electron chi connectivity index (χ0n) is 14.1. The Morgan fingerprint density at radius 3 is 2.50 bits per heavy atom. The second-order valence-electron chi connectivity index (χ2n) is 6.90. The van der Waals surface area contributed by atoms with Crippen LogP contribution in [0.5, 0.6) is 5.75 Å². The van der Waals surface area contributed by atoms with Gasteiger partial charge in [-0.3, -0.25) is 4.79 Å². The van der Waals surface area contributed by atoms with Crippen LogP contribution >= 0.6 is 0 Å². The van der Waals surface area contributed by atoms with Crippen molar-refractivity contribution in [2.24, 2.45) is 0 Å². The molecule has 2 aromatic carbocycles. The molecule has 1 aliphatic rings. The number of carbonyl (C=O) groups is 1. The molecule has 1 unspecified atom stereocenters. The highest BCUT2D eigenvalue weighted by molar-refractivity contribution is 6.00. The summed E-state index contributed by atoms with van der Waals surface area (Å²) in [5, 5.41) is 9.58. The maximum Gasteiger partial charge on any atom is 0.256 e. The maximum atomic E-state index is 12.6. The SMILES string of the molecule is CC(C)(C)N1C(=O)c2ccc(OCc3ccccc3)cc2C1C#N. The first-order chi connectivity index (χ1) is 11.4. The number of amides is 1. The third-order valence-electron chi connectivity index (χ3n) is 4.12. The van der Waals surface area contributed by atoms with E-state index in [1.165, 1.54) is 0 Å². The molecule has 1 aliphatic heterocycles. The van der Waals surface area contributed by atoms with Crippen molar-refractivity contribution < 1.29 is 9.53 Å². The van der Waals surface area contributed by atoms with Crippen molar-refractivity contribution in [3.8, 4) is 11.8 Å². The Morgan fingerprint density at radius 2 is 1.88 bits per heavy atom. The molecule has 4 nitrogen and oxygen atoms in total. The van der Waals surface area contributed by atoms with Gasteiger partial charge in [0.15, 0.2) is 0 Å². The highest BCUT2D eigenvalue weighted by atomic mass is 16.5. The summed E-state index contributed by atoms with van der Waals surface area (Å²) in [6.45, 7) is 6.27. The summed E-state index contributed by atoms with van der Waals surface area (Å²) in [7, 11) is 0. The van der Waals surface area contributed by atoms with E-state index in [2.05, 4.69) is 6.07 Å². The topological polar surface area (TPSA) is 53.3 Å². The molecule has 0 aromatic heterocycles. The fraction of sp³-hybridized carbons (Fsp3) is 0.300. The zero-order chi connectivity index (χ0) is 17.3. The van der Waals surface area contributed by atoms with Gasteiger partial charge >= 0.3 is 0 Å². The number of hydrogen-bond donors (Lipinski definition) is 0. The number of carbonyl (C=O) groups excluding carboxylic acids is 1. The Morgan fingerprint density at radius 1 is 1.17 bits per heavy atom. The summed E-state index contributed by atoms with van der Waals surface area (Å²) in [6, 6.07) is 16.9. The lowest BCUT2D eigenvalue weighted by molar-refractivity contribution is 0.0568. The Hall–Kier alpha value is -2.80. The monoisotopic (exact) mass is 320 g/mol. The average molecular weight is 320 g/mol. The van der Waals surface area contributed by atoms with Gasteiger partial charge in [-0.1, -0.05) is 30.3 Å². The summed E-state index contributed by atoms with van der Waals surface area (Å²) in [5.41, 5.74) is 1.97. The van der Waals surface area contributed by atoms with Gasteiger partial charge in [0, 0.05) is 16.7 Å². The molecule has 1 amide bonds. The second kappa shape index (κ2) is 6.01. The van der Waals surface area contributed by atoms with Gasteiger partial charge in [0.1, 0.15) is 18.4 Å². The van der Waals surface area contributed by atoms with E-state index in [0.29, 0.717) is 17.9 Å². The number of hydrogen-bond acceptors (Lipinski definition) is 3. The second-order valence-corrected chi connectivity index (χ2v) is 6.90. The van der Waals surface area contributed by atoms with Gasteiger partial charge in [-0.25, -0.2) is 0 Å². The van der Waals surface area contributed by atoms with Crippen LogP contribution in [0.4, 0.5) is 0 Å². The molecule has 0 saturated carbocycles. The van der Waals surface area contributed by atoms with Gasteiger partial charge in [0.25, 0.3) is 5.91 Å². The highest BCUT2D eigenvalue weighted by Crippen LogP contribution is 2.39. The summed E-state index contributed by atoms with van der Waals surface area (Å²) in [5.74, 6) is 0.570. The molecule has 24 heavy (non-hydrogen) atoms. The average Bonchev–Trinajstić information content (AvgIpc) is 2.85. The maximum absolute atomic E-state index is 12.6. The molecule has 0 N–H and O–H groups in total. The summed E-state index contributed by atoms with van der Waals surface area (Å²) in [6.07, 6.45) is 0. The number of nitriles is 1. The Kier molecular flexibility index (Phi) is 4.02. The van der Waals surface area contributed by atoms with Crippen molar-refractivity contribution in [3.63, 3.8) is 0 Å². The lowest BCUT2D eigenvalue weighted by Gasteiger charge is -2.34. The number of rotatable bonds is 3. The van der Waals surface area contributed by atoms with E-state index in [4.69, 9.17) is 4.74 Å². The predicted molar refractivity (Wildman–Crippen MR) is 91.5 cm³/mol. The number of nitrogens with zero attached hydrogens (tertiary/aromatic N) is 2. The molecule has 0 fully saturated rings. The van der Waals surface area contributed by atoms with E-state index in [9.17, 15) is 10.1 Å². The molecule has 0 aliphatic carbocycles. The first-order valence-electron chi connectivity index (χ1n) is 7.96. The van der Waals surface area contributed by atoms with Gasteiger partial charge in [-0.05, 0) is 44.5 Å². The van der Waals surface area contributed by atoms with Gasteiger partial charge in [0.05, 0.1) is 6.07 Å². The van der Waals surface area contributed by atoms with Crippen molar-refractivity contribution in [1.29, 1.82) is 5.26 Å². The minimum atomic E-state index is -0.576. The molecule has 0 spiro atoms. The van der Waals surface area contributed by atoms with Crippen molar-refractivity contribution >= 4 is 5.91 Å². The van der Waals surface area contributed by atoms with Crippen LogP contribution in [0.1, 0.15) is 48.3 Å². The molecular weight excluding hydrogens is 300 g/mol. The summed E-state index contributed by atoms with van der Waals surface area (Å²) in [4.78, 5) is 14.3. The van der Waals surface area contributed by atoms with E-state index in [-0.39, 0.29) is 5.91 Å². The lowest BCUT2D eigenvalue weighted by atomic mass is 10.0. The quantitative estimate of drug-likeness (QED) is 0.856. The molecule has 1 atom stereocenters. The normalized spacial score (nSPS) is 16.7. The van der Waals surface area contributed by atoms with E-state index in [1.54, 1.807) is 17.0 Å². The molecule has 1 heterocycles. The van der Waals surface area contributed by atoms with Gasteiger partial charge in [-0.15, -0.1) is 0 Å². The number of fused-ring (bicyclic) bond motifs is 1. The van der Waals surface area contributed by atoms with Crippen molar-refractivity contribution in [3.05, 3.63) is 65.2 Å². The van der Waals surface area contributed by atoms with Gasteiger partial charge in [-0.2, -0.15) is 5.26 Å². The summed E-state index contributed by atoms with van der Waals surface area (Å²) >= 11 is 0. The van der Waals surface area contributed by atoms with Crippen LogP contribution in [-0.4, -0.2) is 16.3 Å². The van der Waals surface area contributed by atoms with Crippen LogP contribution in [0.3, 0.4) is 0 Å². The van der Waals surface area contributed by atoms with Crippen molar-refractivity contribution in [2.45, 2.75) is 39.0 Å². The van der Waals surface area contributed by atoms with Crippen molar-refractivity contribution in [2.75, 3.05) is 0 Å². The molecule has 0 radical (unpaired) electrons. The first-order valence-corrected chi connectivity index (χ1v) is 7.96. The Balaban J connectivity index is 1.87. The molecule has 0 bridgehead atoms. The minimum Gasteiger partial charge on any atom is -0.489 e. The van der Waals surface area contributed by atoms with Gasteiger partial charge < -0.3 is 9.64 Å². The van der Waals surface area contributed by atoms with Crippen LogP contribution in [0, 0.1) is 11.3 Å². The molecule has 122 valence electrons. The van der Waals surface area contributed by atoms with Crippen LogP contribution in [-0.2, 0) is 6.61 Å². The van der Waals surface area contributed by atoms with Crippen LogP contribution in [0.2, 0.25) is 0 Å². The van der Waals surface area contributed by atoms with E-state index in [1.807, 2.05) is 57.2 Å². The number of ether oxygens (including phenoxy) is 1. The Labute approximate surface area is 142 Å². The summed E-state index contributed by atoms with van der Waals surface area (Å²) < 4.78 is 5.83. The third kappa shape index (κ3) is 2.85. The standard InChI is InChI=1S/C20H20N2O2/c1-20(2,3)22-18(12-21)17-11-15(9-10-16(17)19(22)23)24-13-14-7-5-4-6-8-14/h4-11,18H,13H2,1-3H3. The van der Waals surface area contributed by atoms with Crippen LogP contribution in [0.25, 0.3) is 0 Å². The molecule has 0 saturated heterocycles. The van der Waals surface area contributed by atoms with Crippen molar-refractivity contribution in [1.82, 2.24) is 4.90 Å². The van der Waals surface area contributed by atoms with Crippen LogP contribution < -0.4 is 4.74 Å². The molecular formula is C20H20N2O2. The largest absolute Gasteiger partial charge is 0.489 e. The van der Waals surface area contributed by atoms with E-state index >= 15 is 0 Å². The first kappa shape index (κ1) is 16.1. The van der Waals surface area contributed by atoms with Crippen LogP contribution in [0.15, 0.2) is 48.5 Å². The van der Waals surface area contributed by atoms with Gasteiger partial charge in [0.2, 0.25) is 0 Å². The fourth-order valence-corrected chi connectivity index (χ4v) is 3.00. The molecule has 2 aromatic rings. The van der Waals surface area contributed by atoms with E-state index < -0.39 is 11.6 Å². The molecule has 4 heteroatoms. The number of benzene rings is 2. The van der Waals surface area contributed by atoms with E-state index in [0.717, 1.165) is 11.1 Å². The zero-order valence-corrected chi connectivity index (χ0v) is 14.1. The predicted octanol–water partition coefficient (Wildman–Crippen LogP) is 4.08. The molecule has 3 rings (SSSR count). The Bertz CT molecular complexity index is 801. The minimum absolute atomic E-state index is 0.0985. The highest BCUT2D eigenvalue weighted by Gasteiger charge is 2.42. The third-order valence-corrected chi connectivity index (χ3v) is 4.12. The smallest absolute Gasteiger partial charge is 0.256 e. The fourth-order valence-electron chi connectivity index (χ4n) is 3.00. The lowest BCUT2D eigenvalue weighted by Crippen LogP contribution is -2.43.